The normalized spacial score (nSPS) is 32.2. The monoisotopic (exact) mass is 170 g/mol. The predicted octanol–water partition coefficient (Wildman–Crippen LogP) is 2.97. The Morgan fingerprint density at radius 3 is 1.92 bits per heavy atom. The Kier molecular flexibility index (Phi) is 2.53. The minimum atomic E-state index is -0.0671. The summed E-state index contributed by atoms with van der Waals surface area (Å²) in [6.07, 6.45) is 4.32. The molecule has 0 saturated heterocycles. The van der Waals surface area contributed by atoms with E-state index in [1.807, 2.05) is 0 Å². The molecule has 1 atom stereocenters. The minimum Gasteiger partial charge on any atom is -0.393 e. The summed E-state index contributed by atoms with van der Waals surface area (Å²) in [5.74, 6) is 0. The first-order chi connectivity index (χ1) is 5.50. The van der Waals surface area contributed by atoms with Crippen LogP contribution in [0.25, 0.3) is 0 Å². The Morgan fingerprint density at radius 2 is 1.75 bits per heavy atom. The number of aliphatic hydroxyl groups is 1. The molecule has 1 heteroatoms. The van der Waals surface area contributed by atoms with Gasteiger partial charge in [0.25, 0.3) is 0 Å². The number of aliphatic hydroxyl groups excluding tert-OH is 1. The third kappa shape index (κ3) is 1.10. The van der Waals surface area contributed by atoms with Crippen molar-refractivity contribution in [2.24, 2.45) is 10.8 Å². The van der Waals surface area contributed by atoms with E-state index in [9.17, 15) is 5.11 Å². The van der Waals surface area contributed by atoms with E-state index >= 15 is 0 Å². The molecular weight excluding hydrogens is 148 g/mol. The Bertz CT molecular complexity index is 156. The standard InChI is InChI=1S/C11H22O/c1-5-11(6-2)9(12)7-8-10(11,3)4/h9,12H,5-8H2,1-4H3. The molecule has 0 spiro atoms. The highest BCUT2D eigenvalue weighted by molar-refractivity contribution is 5.01. The van der Waals surface area contributed by atoms with Gasteiger partial charge in [0.05, 0.1) is 6.10 Å². The second-order valence-corrected chi connectivity index (χ2v) is 4.80. The molecule has 1 nitrogen and oxygen atoms in total. The van der Waals surface area contributed by atoms with Crippen molar-refractivity contribution in [2.75, 3.05) is 0 Å². The first kappa shape index (κ1) is 10.0. The van der Waals surface area contributed by atoms with E-state index in [2.05, 4.69) is 27.7 Å². The quantitative estimate of drug-likeness (QED) is 0.675. The molecule has 1 fully saturated rings. The minimum absolute atomic E-state index is 0.0671. The van der Waals surface area contributed by atoms with E-state index in [0.29, 0.717) is 5.41 Å². The second kappa shape index (κ2) is 3.02. The molecule has 1 aliphatic rings. The summed E-state index contributed by atoms with van der Waals surface area (Å²) < 4.78 is 0. The molecule has 0 bridgehead atoms. The topological polar surface area (TPSA) is 20.2 Å². The average molecular weight is 170 g/mol. The van der Waals surface area contributed by atoms with Gasteiger partial charge in [0, 0.05) is 5.41 Å². The van der Waals surface area contributed by atoms with Crippen molar-refractivity contribution in [2.45, 2.75) is 59.5 Å². The zero-order valence-electron chi connectivity index (χ0n) is 8.85. The lowest BCUT2D eigenvalue weighted by atomic mass is 9.64. The van der Waals surface area contributed by atoms with E-state index in [1.54, 1.807) is 0 Å². The van der Waals surface area contributed by atoms with E-state index in [1.165, 1.54) is 6.42 Å². The largest absolute Gasteiger partial charge is 0.393 e. The molecule has 0 radical (unpaired) electrons. The maximum absolute atomic E-state index is 9.98. The van der Waals surface area contributed by atoms with Gasteiger partial charge in [-0.2, -0.15) is 0 Å². The van der Waals surface area contributed by atoms with Crippen LogP contribution in [0.15, 0.2) is 0 Å². The van der Waals surface area contributed by atoms with E-state index in [0.717, 1.165) is 19.3 Å². The van der Waals surface area contributed by atoms with Gasteiger partial charge >= 0.3 is 0 Å². The fraction of sp³-hybridized carbons (Fsp3) is 1.00. The molecule has 0 aromatic rings. The summed E-state index contributed by atoms with van der Waals surface area (Å²) in [5.41, 5.74) is 0.517. The van der Waals surface area contributed by atoms with Gasteiger partial charge in [-0.3, -0.25) is 0 Å². The first-order valence-corrected chi connectivity index (χ1v) is 5.18. The van der Waals surface area contributed by atoms with Crippen LogP contribution >= 0.6 is 0 Å². The zero-order chi connectivity index (χ0) is 9.41. The maximum atomic E-state index is 9.98. The van der Waals surface area contributed by atoms with Crippen molar-refractivity contribution < 1.29 is 5.11 Å². The summed E-state index contributed by atoms with van der Waals surface area (Å²) in [6.45, 7) is 9.02. The molecule has 0 amide bonds. The Hall–Kier alpha value is -0.0400. The number of hydrogen-bond acceptors (Lipinski definition) is 1. The SMILES string of the molecule is CCC1(CC)C(O)CCC1(C)C. The van der Waals surface area contributed by atoms with Crippen LogP contribution in [-0.4, -0.2) is 11.2 Å². The van der Waals surface area contributed by atoms with Crippen LogP contribution in [0.1, 0.15) is 53.4 Å². The lowest BCUT2D eigenvalue weighted by Crippen LogP contribution is -2.39. The van der Waals surface area contributed by atoms with Gasteiger partial charge in [0.2, 0.25) is 0 Å². The van der Waals surface area contributed by atoms with Crippen molar-refractivity contribution in [3.8, 4) is 0 Å². The fourth-order valence-electron chi connectivity index (χ4n) is 3.15. The summed E-state index contributed by atoms with van der Waals surface area (Å²) in [7, 11) is 0. The first-order valence-electron chi connectivity index (χ1n) is 5.18. The number of rotatable bonds is 2. The molecule has 72 valence electrons. The zero-order valence-corrected chi connectivity index (χ0v) is 8.85. The molecule has 0 aromatic carbocycles. The van der Waals surface area contributed by atoms with Gasteiger partial charge in [-0.25, -0.2) is 0 Å². The van der Waals surface area contributed by atoms with E-state index in [-0.39, 0.29) is 11.5 Å². The van der Waals surface area contributed by atoms with Crippen molar-refractivity contribution in [1.82, 2.24) is 0 Å². The molecule has 1 rings (SSSR count). The van der Waals surface area contributed by atoms with Crippen LogP contribution in [0.2, 0.25) is 0 Å². The Morgan fingerprint density at radius 1 is 1.25 bits per heavy atom. The highest BCUT2D eigenvalue weighted by Gasteiger charge is 2.51. The molecule has 1 unspecified atom stereocenters. The number of hydrogen-bond donors (Lipinski definition) is 1. The third-order valence-electron chi connectivity index (χ3n) is 4.29. The van der Waals surface area contributed by atoms with Crippen LogP contribution in [0.4, 0.5) is 0 Å². The van der Waals surface area contributed by atoms with Gasteiger partial charge in [-0.05, 0) is 31.1 Å². The van der Waals surface area contributed by atoms with Gasteiger partial charge in [-0.1, -0.05) is 27.7 Å². The lowest BCUT2D eigenvalue weighted by Gasteiger charge is -2.42. The summed E-state index contributed by atoms with van der Waals surface area (Å²) in [6, 6.07) is 0. The Labute approximate surface area is 76.2 Å². The van der Waals surface area contributed by atoms with Gasteiger partial charge < -0.3 is 5.11 Å². The summed E-state index contributed by atoms with van der Waals surface area (Å²) in [5, 5.41) is 9.98. The molecule has 1 saturated carbocycles. The van der Waals surface area contributed by atoms with Gasteiger partial charge in [0.15, 0.2) is 0 Å². The van der Waals surface area contributed by atoms with Gasteiger partial charge in [0.1, 0.15) is 0 Å². The van der Waals surface area contributed by atoms with Crippen LogP contribution in [0.5, 0.6) is 0 Å². The van der Waals surface area contributed by atoms with Crippen molar-refractivity contribution in [1.29, 1.82) is 0 Å². The van der Waals surface area contributed by atoms with Crippen molar-refractivity contribution in [3.05, 3.63) is 0 Å². The molecule has 1 aliphatic carbocycles. The van der Waals surface area contributed by atoms with Crippen LogP contribution in [-0.2, 0) is 0 Å². The van der Waals surface area contributed by atoms with Crippen LogP contribution in [0, 0.1) is 10.8 Å². The van der Waals surface area contributed by atoms with Gasteiger partial charge in [-0.15, -0.1) is 0 Å². The summed E-state index contributed by atoms with van der Waals surface area (Å²) >= 11 is 0. The summed E-state index contributed by atoms with van der Waals surface area (Å²) in [4.78, 5) is 0. The molecule has 0 aromatic heterocycles. The maximum Gasteiger partial charge on any atom is 0.0601 e. The second-order valence-electron chi connectivity index (χ2n) is 4.80. The lowest BCUT2D eigenvalue weighted by molar-refractivity contribution is -0.0173. The third-order valence-corrected chi connectivity index (χ3v) is 4.29. The molecule has 0 heterocycles. The fourth-order valence-corrected chi connectivity index (χ4v) is 3.15. The average Bonchev–Trinajstić information content (AvgIpc) is 2.24. The van der Waals surface area contributed by atoms with Crippen LogP contribution < -0.4 is 0 Å². The predicted molar refractivity (Wildman–Crippen MR) is 52.0 cm³/mol. The highest BCUT2D eigenvalue weighted by Crippen LogP contribution is 2.56. The highest BCUT2D eigenvalue weighted by atomic mass is 16.3. The van der Waals surface area contributed by atoms with E-state index in [4.69, 9.17) is 0 Å². The smallest absolute Gasteiger partial charge is 0.0601 e. The molecule has 12 heavy (non-hydrogen) atoms. The van der Waals surface area contributed by atoms with E-state index < -0.39 is 0 Å². The molecule has 1 N–H and O–H groups in total. The Balaban J connectivity index is 2.95. The molecular formula is C11H22O. The van der Waals surface area contributed by atoms with Crippen LogP contribution in [0.3, 0.4) is 0 Å². The van der Waals surface area contributed by atoms with Crippen molar-refractivity contribution in [3.63, 3.8) is 0 Å². The molecule has 0 aliphatic heterocycles. The van der Waals surface area contributed by atoms with Crippen molar-refractivity contribution >= 4 is 0 Å².